The Labute approximate surface area is 222 Å². The van der Waals surface area contributed by atoms with Gasteiger partial charge < -0.3 is 5.11 Å². The van der Waals surface area contributed by atoms with Crippen LogP contribution < -0.4 is 10.5 Å². The molecule has 1 aliphatic rings. The summed E-state index contributed by atoms with van der Waals surface area (Å²) in [6.45, 7) is 3.65. The Hall–Kier alpha value is -4.17. The highest BCUT2D eigenvalue weighted by Gasteiger charge is 2.49. The number of Topliss-reactive ketones (excluding diaryl/α,β-unsaturated/α-hetero) is 1. The van der Waals surface area contributed by atoms with E-state index in [2.05, 4.69) is 15.9 Å². The molecule has 1 amide bonds. The fourth-order valence-electron chi connectivity index (χ4n) is 4.72. The summed E-state index contributed by atoms with van der Waals surface area (Å²) in [6, 6.07) is 22.2. The second kappa shape index (κ2) is 9.37. The lowest BCUT2D eigenvalue weighted by atomic mass is 9.95. The number of halogens is 1. The van der Waals surface area contributed by atoms with Crippen molar-refractivity contribution in [2.75, 3.05) is 4.90 Å². The van der Waals surface area contributed by atoms with Gasteiger partial charge in [0.1, 0.15) is 11.4 Å². The number of aliphatic hydroxyl groups excluding tert-OH is 1. The SMILES string of the molecule is Cc1ccc(/C(O)=C2\C(=O)C(=O)N(c3c(C)n(C)n(-c4ccccc4)c3=O)C2c2ccc(Br)cc2)cc1. The number of amides is 1. The van der Waals surface area contributed by atoms with Crippen molar-refractivity contribution in [3.8, 4) is 5.69 Å². The second-order valence-electron chi connectivity index (χ2n) is 9.00. The van der Waals surface area contributed by atoms with Crippen molar-refractivity contribution < 1.29 is 14.7 Å². The van der Waals surface area contributed by atoms with E-state index in [9.17, 15) is 19.5 Å². The van der Waals surface area contributed by atoms with Crippen molar-refractivity contribution >= 4 is 39.1 Å². The zero-order valence-electron chi connectivity index (χ0n) is 20.5. The van der Waals surface area contributed by atoms with Crippen LogP contribution in [-0.2, 0) is 16.6 Å². The molecule has 8 heteroatoms. The molecule has 0 aliphatic carbocycles. The number of ketones is 1. The molecule has 4 aromatic rings. The Morgan fingerprint density at radius 1 is 0.865 bits per heavy atom. The van der Waals surface area contributed by atoms with Crippen LogP contribution in [0, 0.1) is 13.8 Å². The predicted molar refractivity (Wildman–Crippen MR) is 146 cm³/mol. The number of aryl methyl sites for hydroxylation is 1. The van der Waals surface area contributed by atoms with Gasteiger partial charge in [0, 0.05) is 17.1 Å². The maximum Gasteiger partial charge on any atom is 0.300 e. The Morgan fingerprint density at radius 3 is 2.11 bits per heavy atom. The van der Waals surface area contributed by atoms with Crippen LogP contribution in [0.25, 0.3) is 11.4 Å². The molecule has 1 N–H and O–H groups in total. The smallest absolute Gasteiger partial charge is 0.300 e. The van der Waals surface area contributed by atoms with Crippen molar-refractivity contribution in [2.24, 2.45) is 7.05 Å². The Kier molecular flexibility index (Phi) is 6.21. The summed E-state index contributed by atoms with van der Waals surface area (Å²) < 4.78 is 3.93. The Balaban J connectivity index is 1.78. The number of anilines is 1. The molecule has 186 valence electrons. The average Bonchev–Trinajstić information content (AvgIpc) is 3.28. The molecule has 37 heavy (non-hydrogen) atoms. The highest BCUT2D eigenvalue weighted by Crippen LogP contribution is 2.42. The number of aromatic nitrogens is 2. The third-order valence-electron chi connectivity index (χ3n) is 6.72. The lowest BCUT2D eigenvalue weighted by Crippen LogP contribution is -2.34. The summed E-state index contributed by atoms with van der Waals surface area (Å²) in [5.74, 6) is -2.00. The van der Waals surface area contributed by atoms with E-state index in [1.807, 2.05) is 37.3 Å². The first-order chi connectivity index (χ1) is 17.7. The van der Waals surface area contributed by atoms with Crippen LogP contribution in [0.2, 0.25) is 0 Å². The van der Waals surface area contributed by atoms with Crippen LogP contribution in [0.15, 0.2) is 93.7 Å². The van der Waals surface area contributed by atoms with Gasteiger partial charge in [-0.25, -0.2) is 4.68 Å². The molecule has 1 saturated heterocycles. The van der Waals surface area contributed by atoms with Gasteiger partial charge in [-0.1, -0.05) is 76.1 Å². The van der Waals surface area contributed by atoms with Crippen LogP contribution >= 0.6 is 15.9 Å². The molecule has 5 rings (SSSR count). The van der Waals surface area contributed by atoms with Gasteiger partial charge in [0.2, 0.25) is 0 Å². The molecular weight excluding hydrogens is 534 g/mol. The van der Waals surface area contributed by atoms with Gasteiger partial charge in [-0.2, -0.15) is 0 Å². The largest absolute Gasteiger partial charge is 0.507 e. The Morgan fingerprint density at radius 2 is 1.49 bits per heavy atom. The van der Waals surface area contributed by atoms with E-state index in [4.69, 9.17) is 0 Å². The first-order valence-corrected chi connectivity index (χ1v) is 12.5. The van der Waals surface area contributed by atoms with Crippen molar-refractivity contribution in [1.82, 2.24) is 9.36 Å². The molecule has 0 bridgehead atoms. The van der Waals surface area contributed by atoms with Gasteiger partial charge >= 0.3 is 0 Å². The summed E-state index contributed by atoms with van der Waals surface area (Å²) in [5.41, 5.74) is 2.71. The lowest BCUT2D eigenvalue weighted by molar-refractivity contribution is -0.132. The van der Waals surface area contributed by atoms with Crippen LogP contribution in [0.5, 0.6) is 0 Å². The highest BCUT2D eigenvalue weighted by atomic mass is 79.9. The van der Waals surface area contributed by atoms with E-state index in [1.54, 1.807) is 67.2 Å². The summed E-state index contributed by atoms with van der Waals surface area (Å²) in [5, 5.41) is 11.3. The van der Waals surface area contributed by atoms with Gasteiger partial charge in [0.05, 0.1) is 23.0 Å². The average molecular weight is 558 g/mol. The minimum atomic E-state index is -0.993. The zero-order valence-corrected chi connectivity index (χ0v) is 22.1. The monoisotopic (exact) mass is 557 g/mol. The molecule has 0 radical (unpaired) electrons. The molecular formula is C29H24BrN3O4. The summed E-state index contributed by atoms with van der Waals surface area (Å²) in [6.07, 6.45) is 0. The number of rotatable bonds is 4. The topological polar surface area (TPSA) is 84.5 Å². The molecule has 7 nitrogen and oxygen atoms in total. The molecule has 1 fully saturated rings. The minimum Gasteiger partial charge on any atom is -0.507 e. The quantitative estimate of drug-likeness (QED) is 0.213. The number of carbonyl (C=O) groups is 2. The number of carbonyl (C=O) groups excluding carboxylic acids is 2. The van der Waals surface area contributed by atoms with Crippen molar-refractivity contribution in [2.45, 2.75) is 19.9 Å². The normalized spacial score (nSPS) is 17.0. The van der Waals surface area contributed by atoms with Gasteiger partial charge in [0.15, 0.2) is 0 Å². The number of hydrogen-bond acceptors (Lipinski definition) is 4. The maximum absolute atomic E-state index is 13.8. The maximum atomic E-state index is 13.8. The van der Waals surface area contributed by atoms with Crippen molar-refractivity contribution in [1.29, 1.82) is 0 Å². The van der Waals surface area contributed by atoms with Gasteiger partial charge in [-0.3, -0.25) is 24.0 Å². The molecule has 1 unspecified atom stereocenters. The number of hydrogen-bond donors (Lipinski definition) is 1. The number of aliphatic hydroxyl groups is 1. The molecule has 0 spiro atoms. The van der Waals surface area contributed by atoms with E-state index in [1.165, 1.54) is 9.58 Å². The van der Waals surface area contributed by atoms with Crippen LogP contribution in [0.1, 0.15) is 28.4 Å². The minimum absolute atomic E-state index is 0.0647. The molecule has 2 heterocycles. The van der Waals surface area contributed by atoms with E-state index in [0.717, 1.165) is 10.0 Å². The van der Waals surface area contributed by atoms with Crippen LogP contribution in [0.3, 0.4) is 0 Å². The molecule has 1 aromatic heterocycles. The fraction of sp³-hybridized carbons (Fsp3) is 0.138. The summed E-state index contributed by atoms with van der Waals surface area (Å²) in [7, 11) is 1.73. The van der Waals surface area contributed by atoms with Gasteiger partial charge in [-0.05, 0) is 43.7 Å². The fourth-order valence-corrected chi connectivity index (χ4v) is 4.99. The van der Waals surface area contributed by atoms with Crippen LogP contribution in [0.4, 0.5) is 5.69 Å². The van der Waals surface area contributed by atoms with Gasteiger partial charge in [0.25, 0.3) is 17.2 Å². The number of nitrogens with zero attached hydrogens (tertiary/aromatic N) is 3. The molecule has 3 aromatic carbocycles. The van der Waals surface area contributed by atoms with Crippen molar-refractivity contribution in [3.05, 3.63) is 122 Å². The number of para-hydroxylation sites is 1. The zero-order chi connectivity index (χ0) is 26.4. The van der Waals surface area contributed by atoms with Gasteiger partial charge in [-0.15, -0.1) is 0 Å². The second-order valence-corrected chi connectivity index (χ2v) is 9.91. The van der Waals surface area contributed by atoms with E-state index < -0.39 is 23.3 Å². The Bertz CT molecular complexity index is 1610. The van der Waals surface area contributed by atoms with E-state index in [0.29, 0.717) is 22.5 Å². The lowest BCUT2D eigenvalue weighted by Gasteiger charge is -2.24. The summed E-state index contributed by atoms with van der Waals surface area (Å²) >= 11 is 3.42. The molecule has 1 atom stereocenters. The standard InChI is InChI=1S/C29H24BrN3O4/c1-17-9-11-20(12-10-17)26(34)23-25(19-13-15-21(30)16-14-19)32(29(37)27(23)35)24-18(2)31(3)33(28(24)36)22-7-5-4-6-8-22/h4-16,25,34H,1-3H3/b26-23+. The van der Waals surface area contributed by atoms with E-state index >= 15 is 0 Å². The third kappa shape index (κ3) is 4.03. The first-order valence-electron chi connectivity index (χ1n) is 11.7. The van der Waals surface area contributed by atoms with Crippen molar-refractivity contribution in [3.63, 3.8) is 0 Å². The first kappa shape index (κ1) is 24.5. The predicted octanol–water partition coefficient (Wildman–Crippen LogP) is 5.18. The number of benzene rings is 3. The molecule has 1 aliphatic heterocycles. The van der Waals surface area contributed by atoms with Crippen LogP contribution in [-0.4, -0.2) is 26.2 Å². The molecule has 0 saturated carbocycles. The third-order valence-corrected chi connectivity index (χ3v) is 7.25. The summed E-state index contributed by atoms with van der Waals surface area (Å²) in [4.78, 5) is 42.1. The van der Waals surface area contributed by atoms with E-state index in [-0.39, 0.29) is 17.0 Å². The highest BCUT2D eigenvalue weighted by molar-refractivity contribution is 9.10.